The largest absolute Gasteiger partial charge is 0.316 e. The van der Waals surface area contributed by atoms with Crippen LogP contribution in [0.1, 0.15) is 20.8 Å². The van der Waals surface area contributed by atoms with Gasteiger partial charge in [0.15, 0.2) is 0 Å². The molecule has 56 valence electrons. The fraction of sp³-hybridized carbons (Fsp3) is 0.667. The standard InChI is InChI=1S/C4H11N3.C2H6/c1-3-5-7-6-4-2;1-2/h3,5-7H,1,4H2,2H3;1-2H3. The van der Waals surface area contributed by atoms with Crippen LogP contribution in [0, 0.1) is 0 Å². The van der Waals surface area contributed by atoms with E-state index in [-0.39, 0.29) is 0 Å². The maximum absolute atomic E-state index is 3.42. The Morgan fingerprint density at radius 1 is 1.44 bits per heavy atom. The Labute approximate surface area is 57.5 Å². The van der Waals surface area contributed by atoms with Crippen molar-refractivity contribution in [3.63, 3.8) is 0 Å². The predicted octanol–water partition coefficient (Wildman–Crippen LogP) is 0.775. The van der Waals surface area contributed by atoms with Gasteiger partial charge in [-0.1, -0.05) is 27.4 Å². The summed E-state index contributed by atoms with van der Waals surface area (Å²) in [5.41, 5.74) is 8.14. The third kappa shape index (κ3) is 18.6. The molecule has 0 atom stereocenters. The maximum Gasteiger partial charge on any atom is 0.00887 e. The minimum Gasteiger partial charge on any atom is -0.316 e. The Bertz CT molecular complexity index is 45.6. The molecule has 0 aromatic carbocycles. The Kier molecular flexibility index (Phi) is 19.6. The first-order valence-electron chi connectivity index (χ1n) is 3.26. The fourth-order valence-electron chi connectivity index (χ4n) is 0.190. The van der Waals surface area contributed by atoms with E-state index in [1.165, 1.54) is 0 Å². The smallest absolute Gasteiger partial charge is 0.00887 e. The van der Waals surface area contributed by atoms with E-state index >= 15 is 0 Å². The topological polar surface area (TPSA) is 36.1 Å². The molecule has 0 aliphatic carbocycles. The first-order valence-corrected chi connectivity index (χ1v) is 3.26. The molecule has 0 rings (SSSR count). The van der Waals surface area contributed by atoms with E-state index in [0.29, 0.717) is 0 Å². The van der Waals surface area contributed by atoms with Crippen molar-refractivity contribution in [2.75, 3.05) is 6.54 Å². The summed E-state index contributed by atoms with van der Waals surface area (Å²) in [5.74, 6) is 0. The maximum atomic E-state index is 3.42. The van der Waals surface area contributed by atoms with Gasteiger partial charge in [-0.3, -0.25) is 0 Å². The highest BCUT2D eigenvalue weighted by atomic mass is 15.6. The highest BCUT2D eigenvalue weighted by molar-refractivity contribution is 4.55. The molecular formula is C6H17N3. The van der Waals surface area contributed by atoms with Gasteiger partial charge in [0.05, 0.1) is 0 Å². The second kappa shape index (κ2) is 15.7. The van der Waals surface area contributed by atoms with Crippen LogP contribution >= 0.6 is 0 Å². The lowest BCUT2D eigenvalue weighted by molar-refractivity contribution is 0.504. The molecule has 3 nitrogen and oxygen atoms in total. The number of hydrazine groups is 2. The quantitative estimate of drug-likeness (QED) is 0.389. The van der Waals surface area contributed by atoms with Gasteiger partial charge in [0.2, 0.25) is 0 Å². The van der Waals surface area contributed by atoms with Gasteiger partial charge in [-0.15, -0.1) is 0 Å². The van der Waals surface area contributed by atoms with Gasteiger partial charge in [-0.05, 0) is 0 Å². The van der Waals surface area contributed by atoms with Crippen molar-refractivity contribution >= 4 is 0 Å². The van der Waals surface area contributed by atoms with Gasteiger partial charge in [-0.25, -0.2) is 5.43 Å². The Morgan fingerprint density at radius 2 is 2.00 bits per heavy atom. The number of rotatable bonds is 4. The van der Waals surface area contributed by atoms with Crippen LogP contribution in [0.4, 0.5) is 0 Å². The number of hydrogen-bond donors (Lipinski definition) is 3. The minimum atomic E-state index is 0.890. The molecule has 3 N–H and O–H groups in total. The fourth-order valence-corrected chi connectivity index (χ4v) is 0.190. The van der Waals surface area contributed by atoms with Crippen LogP contribution in [0.2, 0.25) is 0 Å². The molecule has 0 radical (unpaired) electrons. The minimum absolute atomic E-state index is 0.890. The highest BCUT2D eigenvalue weighted by Crippen LogP contribution is 1.42. The van der Waals surface area contributed by atoms with E-state index in [1.807, 2.05) is 20.8 Å². The Hall–Kier alpha value is -0.540. The molecular weight excluding hydrogens is 114 g/mol. The van der Waals surface area contributed by atoms with Crippen LogP contribution in [0.3, 0.4) is 0 Å². The normalized spacial score (nSPS) is 7.00. The Morgan fingerprint density at radius 3 is 2.33 bits per heavy atom. The van der Waals surface area contributed by atoms with Crippen LogP contribution < -0.4 is 16.4 Å². The van der Waals surface area contributed by atoms with Gasteiger partial charge in [0.1, 0.15) is 0 Å². The monoisotopic (exact) mass is 131 g/mol. The first kappa shape index (κ1) is 11.3. The van der Waals surface area contributed by atoms with Crippen LogP contribution in [0.15, 0.2) is 12.8 Å². The first-order chi connectivity index (χ1) is 4.41. The molecule has 0 aliphatic rings. The van der Waals surface area contributed by atoms with Crippen molar-refractivity contribution in [1.82, 2.24) is 16.4 Å². The molecule has 0 unspecified atom stereocenters. The molecule has 0 fully saturated rings. The lowest BCUT2D eigenvalue weighted by Crippen LogP contribution is -2.39. The summed E-state index contributed by atoms with van der Waals surface area (Å²) in [6.45, 7) is 10.3. The zero-order valence-corrected chi connectivity index (χ0v) is 6.49. The van der Waals surface area contributed by atoms with Crippen molar-refractivity contribution in [1.29, 1.82) is 0 Å². The van der Waals surface area contributed by atoms with Gasteiger partial charge in [-0.2, -0.15) is 5.53 Å². The molecule has 0 aliphatic heterocycles. The lowest BCUT2D eigenvalue weighted by atomic mass is 10.8. The molecule has 9 heavy (non-hydrogen) atoms. The molecule has 0 saturated carbocycles. The molecule has 0 heterocycles. The van der Waals surface area contributed by atoms with Crippen molar-refractivity contribution < 1.29 is 0 Å². The average Bonchev–Trinajstić information content (AvgIpc) is 1.94. The summed E-state index contributed by atoms with van der Waals surface area (Å²) < 4.78 is 0. The lowest BCUT2D eigenvalue weighted by Gasteiger charge is -2.00. The van der Waals surface area contributed by atoms with E-state index in [2.05, 4.69) is 23.0 Å². The van der Waals surface area contributed by atoms with Gasteiger partial charge in [0, 0.05) is 12.7 Å². The average molecular weight is 131 g/mol. The Balaban J connectivity index is 0. The van der Waals surface area contributed by atoms with Crippen molar-refractivity contribution in [3.05, 3.63) is 12.8 Å². The molecule has 0 amide bonds. The summed E-state index contributed by atoms with van der Waals surface area (Å²) in [5, 5.41) is 0. The summed E-state index contributed by atoms with van der Waals surface area (Å²) in [7, 11) is 0. The van der Waals surface area contributed by atoms with Gasteiger partial charge < -0.3 is 5.43 Å². The number of nitrogens with one attached hydrogen (secondary N) is 3. The van der Waals surface area contributed by atoms with Crippen molar-refractivity contribution in [2.45, 2.75) is 20.8 Å². The van der Waals surface area contributed by atoms with E-state index < -0.39 is 0 Å². The number of hydrogen-bond acceptors (Lipinski definition) is 3. The second-order valence-corrected chi connectivity index (χ2v) is 1.00. The van der Waals surface area contributed by atoms with E-state index in [4.69, 9.17) is 0 Å². The van der Waals surface area contributed by atoms with Crippen molar-refractivity contribution in [3.8, 4) is 0 Å². The molecule has 0 aromatic rings. The van der Waals surface area contributed by atoms with E-state index in [0.717, 1.165) is 6.54 Å². The third-order valence-corrected chi connectivity index (χ3v) is 0.439. The van der Waals surface area contributed by atoms with Crippen molar-refractivity contribution in [2.24, 2.45) is 0 Å². The van der Waals surface area contributed by atoms with E-state index in [9.17, 15) is 0 Å². The van der Waals surface area contributed by atoms with Crippen LogP contribution in [0.5, 0.6) is 0 Å². The predicted molar refractivity (Wildman–Crippen MR) is 41.5 cm³/mol. The zero-order chi connectivity index (χ0) is 7.54. The van der Waals surface area contributed by atoms with Crippen LogP contribution in [0.25, 0.3) is 0 Å². The molecule has 0 spiro atoms. The van der Waals surface area contributed by atoms with Crippen LogP contribution in [-0.4, -0.2) is 6.54 Å². The van der Waals surface area contributed by atoms with Gasteiger partial charge >= 0.3 is 0 Å². The van der Waals surface area contributed by atoms with Gasteiger partial charge in [0.25, 0.3) is 0 Å². The van der Waals surface area contributed by atoms with E-state index in [1.54, 1.807) is 6.20 Å². The summed E-state index contributed by atoms with van der Waals surface area (Å²) >= 11 is 0. The van der Waals surface area contributed by atoms with Crippen LogP contribution in [-0.2, 0) is 0 Å². The third-order valence-electron chi connectivity index (χ3n) is 0.439. The molecule has 0 aromatic heterocycles. The summed E-state index contributed by atoms with van der Waals surface area (Å²) in [6.07, 6.45) is 1.56. The highest BCUT2D eigenvalue weighted by Gasteiger charge is 1.67. The molecule has 0 bridgehead atoms. The summed E-state index contributed by atoms with van der Waals surface area (Å²) in [4.78, 5) is 0. The second-order valence-electron chi connectivity index (χ2n) is 1.00. The zero-order valence-electron chi connectivity index (χ0n) is 6.49. The molecule has 0 saturated heterocycles. The molecule has 3 heteroatoms. The SMILES string of the molecule is C=CNNNCC.CC. The summed E-state index contributed by atoms with van der Waals surface area (Å²) in [6, 6.07) is 0.